The molecule has 28 heavy (non-hydrogen) atoms. The average molecular weight is 391 g/mol. The molecule has 2 N–H and O–H groups in total. The molecule has 0 saturated carbocycles. The van der Waals surface area contributed by atoms with Gasteiger partial charge in [0.1, 0.15) is 23.1 Å². The normalized spacial score (nSPS) is 10.8. The molecule has 2 aromatic heterocycles. The van der Waals surface area contributed by atoms with Crippen molar-refractivity contribution in [1.29, 1.82) is 0 Å². The Kier molecular flexibility index (Phi) is 5.04. The van der Waals surface area contributed by atoms with E-state index in [-0.39, 0.29) is 5.82 Å². The van der Waals surface area contributed by atoms with Crippen molar-refractivity contribution >= 4 is 17.2 Å². The minimum Gasteiger partial charge on any atom is -0.444 e. The number of nitrogen functional groups attached to an aromatic ring is 1. The van der Waals surface area contributed by atoms with Gasteiger partial charge in [0, 0.05) is 23.7 Å². The number of thiazole rings is 1. The Morgan fingerprint density at radius 1 is 1.07 bits per heavy atom. The number of pyridine rings is 1. The third-order valence-electron chi connectivity index (χ3n) is 4.27. The predicted molar refractivity (Wildman–Crippen MR) is 110 cm³/mol. The third kappa shape index (κ3) is 3.87. The van der Waals surface area contributed by atoms with Crippen LogP contribution in [0.3, 0.4) is 0 Å². The molecule has 0 aliphatic heterocycles. The van der Waals surface area contributed by atoms with E-state index in [9.17, 15) is 4.39 Å². The van der Waals surface area contributed by atoms with Crippen LogP contribution in [0.25, 0.3) is 11.3 Å². The Morgan fingerprint density at radius 2 is 1.89 bits per heavy atom. The summed E-state index contributed by atoms with van der Waals surface area (Å²) in [6.45, 7) is 1.94. The lowest BCUT2D eigenvalue weighted by Crippen LogP contribution is -2.02. The van der Waals surface area contributed by atoms with Crippen LogP contribution in [0, 0.1) is 12.7 Å². The number of nitrogens with two attached hydrogens (primary N) is 1. The van der Waals surface area contributed by atoms with Crippen molar-refractivity contribution in [3.63, 3.8) is 0 Å². The molecule has 4 aromatic rings. The van der Waals surface area contributed by atoms with Crippen LogP contribution in [-0.4, -0.2) is 9.97 Å². The first kappa shape index (κ1) is 18.1. The van der Waals surface area contributed by atoms with Crippen molar-refractivity contribution in [3.05, 3.63) is 88.8 Å². The van der Waals surface area contributed by atoms with Gasteiger partial charge in [0.2, 0.25) is 5.06 Å². The summed E-state index contributed by atoms with van der Waals surface area (Å²) < 4.78 is 19.8. The fourth-order valence-corrected chi connectivity index (χ4v) is 3.77. The fourth-order valence-electron chi connectivity index (χ4n) is 2.97. The first-order chi connectivity index (χ1) is 13.6. The molecule has 0 spiro atoms. The number of rotatable bonds is 5. The zero-order valence-electron chi connectivity index (χ0n) is 15.2. The van der Waals surface area contributed by atoms with Crippen LogP contribution in [0.5, 0.6) is 10.8 Å². The molecule has 2 aromatic carbocycles. The first-order valence-electron chi connectivity index (χ1n) is 8.78. The quantitative estimate of drug-likeness (QED) is 0.480. The summed E-state index contributed by atoms with van der Waals surface area (Å²) in [5, 5.41) is 1.59. The molecule has 0 aliphatic carbocycles. The molecule has 0 fully saturated rings. The maximum absolute atomic E-state index is 13.6. The molecule has 0 radical (unpaired) electrons. The van der Waals surface area contributed by atoms with Crippen molar-refractivity contribution in [2.24, 2.45) is 0 Å². The maximum atomic E-state index is 13.6. The highest BCUT2D eigenvalue weighted by atomic mass is 32.1. The van der Waals surface area contributed by atoms with E-state index in [1.165, 1.54) is 23.5 Å². The van der Waals surface area contributed by atoms with Crippen molar-refractivity contribution in [2.75, 3.05) is 5.73 Å². The number of hydrogen-bond donors (Lipinski definition) is 1. The summed E-state index contributed by atoms with van der Waals surface area (Å²) in [6, 6.07) is 18.1. The summed E-state index contributed by atoms with van der Waals surface area (Å²) in [5.74, 6) is 0.675. The molecule has 0 unspecified atom stereocenters. The Morgan fingerprint density at radius 3 is 2.68 bits per heavy atom. The Hall–Kier alpha value is -3.25. The van der Waals surface area contributed by atoms with Crippen molar-refractivity contribution in [2.45, 2.75) is 13.3 Å². The number of aromatic nitrogens is 2. The molecule has 0 bridgehead atoms. The van der Waals surface area contributed by atoms with Crippen LogP contribution < -0.4 is 10.5 Å². The number of aryl methyl sites for hydroxylation is 1. The minimum atomic E-state index is -0.285. The van der Waals surface area contributed by atoms with Gasteiger partial charge in [0.25, 0.3) is 0 Å². The summed E-state index contributed by atoms with van der Waals surface area (Å²) in [6.07, 6.45) is 2.03. The van der Waals surface area contributed by atoms with E-state index in [0.29, 0.717) is 23.1 Å². The number of halogens is 1. The van der Waals surface area contributed by atoms with Crippen LogP contribution in [0.2, 0.25) is 0 Å². The monoisotopic (exact) mass is 391 g/mol. The SMILES string of the molecule is Cc1nc(-c2ccccc2)c(Oc2ccnc(N)c2Cc2cccc(F)c2)s1. The second kappa shape index (κ2) is 7.78. The smallest absolute Gasteiger partial charge is 0.208 e. The molecule has 140 valence electrons. The van der Waals surface area contributed by atoms with Crippen molar-refractivity contribution in [3.8, 4) is 22.1 Å². The van der Waals surface area contributed by atoms with E-state index in [1.54, 1.807) is 18.3 Å². The topological polar surface area (TPSA) is 61.0 Å². The van der Waals surface area contributed by atoms with Gasteiger partial charge in [-0.25, -0.2) is 14.4 Å². The maximum Gasteiger partial charge on any atom is 0.208 e. The Balaban J connectivity index is 1.71. The van der Waals surface area contributed by atoms with Crippen LogP contribution >= 0.6 is 11.3 Å². The Labute approximate surface area is 166 Å². The van der Waals surface area contributed by atoms with Gasteiger partial charge in [-0.05, 0) is 30.7 Å². The fraction of sp³-hybridized carbons (Fsp3) is 0.0909. The van der Waals surface area contributed by atoms with Gasteiger partial charge < -0.3 is 10.5 Å². The second-order valence-electron chi connectivity index (χ2n) is 6.32. The van der Waals surface area contributed by atoms with E-state index in [0.717, 1.165) is 27.4 Å². The summed E-state index contributed by atoms with van der Waals surface area (Å²) in [7, 11) is 0. The lowest BCUT2D eigenvalue weighted by atomic mass is 10.0. The van der Waals surface area contributed by atoms with Crippen LogP contribution in [-0.2, 0) is 6.42 Å². The van der Waals surface area contributed by atoms with Crippen LogP contribution in [0.15, 0.2) is 66.9 Å². The lowest BCUT2D eigenvalue weighted by molar-refractivity contribution is 0.491. The van der Waals surface area contributed by atoms with Gasteiger partial charge in [-0.2, -0.15) is 0 Å². The molecule has 6 heteroatoms. The molecule has 0 aliphatic rings. The highest BCUT2D eigenvalue weighted by Crippen LogP contribution is 2.40. The zero-order chi connectivity index (χ0) is 19.5. The number of nitrogens with zero attached hydrogens (tertiary/aromatic N) is 2. The standard InChI is InChI=1S/C22H18FN3OS/c1-14-26-20(16-7-3-2-4-8-16)22(28-14)27-19-10-11-25-21(24)18(19)13-15-6-5-9-17(23)12-15/h2-12H,13H2,1H3,(H2,24,25). The van der Waals surface area contributed by atoms with Gasteiger partial charge in [-0.15, -0.1) is 0 Å². The van der Waals surface area contributed by atoms with E-state index in [2.05, 4.69) is 9.97 Å². The van der Waals surface area contributed by atoms with Gasteiger partial charge in [0.05, 0.1) is 5.01 Å². The van der Waals surface area contributed by atoms with Crippen LogP contribution in [0.4, 0.5) is 10.2 Å². The third-order valence-corrected chi connectivity index (χ3v) is 5.12. The number of benzene rings is 2. The zero-order valence-corrected chi connectivity index (χ0v) is 16.0. The molecular weight excluding hydrogens is 373 g/mol. The van der Waals surface area contributed by atoms with E-state index in [4.69, 9.17) is 10.5 Å². The first-order valence-corrected chi connectivity index (χ1v) is 9.60. The molecule has 4 nitrogen and oxygen atoms in total. The highest BCUT2D eigenvalue weighted by molar-refractivity contribution is 7.13. The molecule has 0 atom stereocenters. The van der Waals surface area contributed by atoms with E-state index < -0.39 is 0 Å². The molecule has 0 amide bonds. The minimum absolute atomic E-state index is 0.285. The molecule has 0 saturated heterocycles. The van der Waals surface area contributed by atoms with Gasteiger partial charge in [0.15, 0.2) is 0 Å². The molecule has 4 rings (SSSR count). The Bertz CT molecular complexity index is 1110. The van der Waals surface area contributed by atoms with Crippen LogP contribution in [0.1, 0.15) is 16.1 Å². The molecular formula is C22H18FN3OS. The van der Waals surface area contributed by atoms with Crippen molar-refractivity contribution in [1.82, 2.24) is 9.97 Å². The van der Waals surface area contributed by atoms with Crippen molar-refractivity contribution < 1.29 is 9.13 Å². The number of ether oxygens (including phenoxy) is 1. The second-order valence-corrected chi connectivity index (χ2v) is 7.48. The van der Waals surface area contributed by atoms with Gasteiger partial charge in [-0.3, -0.25) is 0 Å². The predicted octanol–water partition coefficient (Wildman–Crippen LogP) is 5.62. The van der Waals surface area contributed by atoms with Gasteiger partial charge >= 0.3 is 0 Å². The number of hydrogen-bond acceptors (Lipinski definition) is 5. The highest BCUT2D eigenvalue weighted by Gasteiger charge is 2.17. The summed E-state index contributed by atoms with van der Waals surface area (Å²) in [5.41, 5.74) is 9.41. The van der Waals surface area contributed by atoms with E-state index >= 15 is 0 Å². The largest absolute Gasteiger partial charge is 0.444 e. The lowest BCUT2D eigenvalue weighted by Gasteiger charge is -2.13. The molecule has 2 heterocycles. The summed E-state index contributed by atoms with van der Waals surface area (Å²) in [4.78, 5) is 8.80. The average Bonchev–Trinajstić information content (AvgIpc) is 3.05. The van der Waals surface area contributed by atoms with E-state index in [1.807, 2.05) is 43.3 Å². The number of anilines is 1. The summed E-state index contributed by atoms with van der Waals surface area (Å²) >= 11 is 1.47. The van der Waals surface area contributed by atoms with Gasteiger partial charge in [-0.1, -0.05) is 53.8 Å².